The SMILES string of the molecule is C=CO[n+]1c(C)cc(C)cc1C. The standard InChI is InChI=1S/C10H14NO/c1-5-12-11-9(3)6-8(2)7-10(11)4/h5-7H,1H2,2-4H3/q+1. The molecule has 0 saturated carbocycles. The van der Waals surface area contributed by atoms with Crippen LogP contribution in [-0.4, -0.2) is 0 Å². The van der Waals surface area contributed by atoms with E-state index in [0.29, 0.717) is 0 Å². The summed E-state index contributed by atoms with van der Waals surface area (Å²) in [7, 11) is 0. The van der Waals surface area contributed by atoms with Gasteiger partial charge in [0.25, 0.3) is 0 Å². The summed E-state index contributed by atoms with van der Waals surface area (Å²) in [6.07, 6.45) is 1.43. The van der Waals surface area contributed by atoms with Crippen molar-refractivity contribution in [1.82, 2.24) is 0 Å². The lowest BCUT2D eigenvalue weighted by Crippen LogP contribution is -2.45. The monoisotopic (exact) mass is 164 g/mol. The van der Waals surface area contributed by atoms with Crippen molar-refractivity contribution in [3.05, 3.63) is 41.9 Å². The van der Waals surface area contributed by atoms with Crippen LogP contribution in [0.25, 0.3) is 0 Å². The van der Waals surface area contributed by atoms with E-state index in [1.54, 1.807) is 4.73 Å². The fourth-order valence-electron chi connectivity index (χ4n) is 1.34. The fraction of sp³-hybridized carbons (Fsp3) is 0.300. The van der Waals surface area contributed by atoms with Crippen molar-refractivity contribution in [2.24, 2.45) is 0 Å². The van der Waals surface area contributed by atoms with Gasteiger partial charge < -0.3 is 0 Å². The van der Waals surface area contributed by atoms with Crippen LogP contribution in [0.2, 0.25) is 0 Å². The van der Waals surface area contributed by atoms with Crippen LogP contribution in [0.4, 0.5) is 0 Å². The number of aryl methyl sites for hydroxylation is 3. The zero-order valence-electron chi connectivity index (χ0n) is 7.79. The molecule has 0 bridgehead atoms. The molecule has 2 heteroatoms. The molecule has 1 rings (SSSR count). The number of hydrogen-bond acceptors (Lipinski definition) is 1. The van der Waals surface area contributed by atoms with Gasteiger partial charge in [-0.25, -0.2) is 4.84 Å². The molecule has 64 valence electrons. The van der Waals surface area contributed by atoms with Crippen LogP contribution >= 0.6 is 0 Å². The molecule has 0 N–H and O–H groups in total. The minimum atomic E-state index is 1.08. The second-order valence-corrected chi connectivity index (χ2v) is 2.88. The van der Waals surface area contributed by atoms with E-state index in [0.717, 1.165) is 11.4 Å². The molecule has 1 aromatic rings. The second kappa shape index (κ2) is 3.39. The molecule has 0 saturated heterocycles. The first-order chi connectivity index (χ1) is 5.65. The van der Waals surface area contributed by atoms with Gasteiger partial charge in [0, 0.05) is 30.7 Å². The van der Waals surface area contributed by atoms with Gasteiger partial charge in [0.05, 0.1) is 0 Å². The van der Waals surface area contributed by atoms with Crippen molar-refractivity contribution in [3.8, 4) is 0 Å². The molecule has 0 spiro atoms. The summed E-state index contributed by atoms with van der Waals surface area (Å²) in [5, 5.41) is 0. The van der Waals surface area contributed by atoms with Crippen LogP contribution in [-0.2, 0) is 0 Å². The molecule has 0 amide bonds. The van der Waals surface area contributed by atoms with E-state index < -0.39 is 0 Å². The van der Waals surface area contributed by atoms with Crippen LogP contribution in [0.1, 0.15) is 17.0 Å². The first-order valence-electron chi connectivity index (χ1n) is 3.93. The van der Waals surface area contributed by atoms with Gasteiger partial charge in [-0.15, -0.1) is 0 Å². The first-order valence-corrected chi connectivity index (χ1v) is 3.93. The third kappa shape index (κ3) is 1.64. The lowest BCUT2D eigenvalue weighted by atomic mass is 10.2. The van der Waals surface area contributed by atoms with Crippen LogP contribution in [0.3, 0.4) is 0 Å². The van der Waals surface area contributed by atoms with Gasteiger partial charge >= 0.3 is 0 Å². The largest absolute Gasteiger partial charge is 0.239 e. The fourth-order valence-corrected chi connectivity index (χ4v) is 1.34. The number of hydrogen-bond donors (Lipinski definition) is 0. The normalized spacial score (nSPS) is 9.58. The van der Waals surface area contributed by atoms with E-state index in [9.17, 15) is 0 Å². The van der Waals surface area contributed by atoms with E-state index >= 15 is 0 Å². The highest BCUT2D eigenvalue weighted by atomic mass is 16.6. The van der Waals surface area contributed by atoms with Gasteiger partial charge in [-0.2, -0.15) is 0 Å². The summed E-state index contributed by atoms with van der Waals surface area (Å²) in [5.41, 5.74) is 3.40. The second-order valence-electron chi connectivity index (χ2n) is 2.88. The highest BCUT2D eigenvalue weighted by Crippen LogP contribution is 2.00. The quantitative estimate of drug-likeness (QED) is 0.476. The summed E-state index contributed by atoms with van der Waals surface area (Å²) in [4.78, 5) is 5.20. The molecular formula is C10H14NO+. The maximum Gasteiger partial charge on any atom is 0.232 e. The lowest BCUT2D eigenvalue weighted by Gasteiger charge is -1.99. The van der Waals surface area contributed by atoms with E-state index in [2.05, 4.69) is 25.6 Å². The maximum atomic E-state index is 5.20. The Hall–Kier alpha value is -1.31. The predicted octanol–water partition coefficient (Wildman–Crippen LogP) is 1.47. The van der Waals surface area contributed by atoms with Crippen LogP contribution in [0, 0.1) is 20.8 Å². The number of pyridine rings is 1. The highest BCUT2D eigenvalue weighted by molar-refractivity contribution is 5.13. The lowest BCUT2D eigenvalue weighted by molar-refractivity contribution is -0.884. The average Bonchev–Trinajstić information content (AvgIpc) is 1.96. The number of nitrogens with zero attached hydrogens (tertiary/aromatic N) is 1. The van der Waals surface area contributed by atoms with Gasteiger partial charge in [-0.05, 0) is 12.5 Å². The predicted molar refractivity (Wildman–Crippen MR) is 47.6 cm³/mol. The minimum Gasteiger partial charge on any atom is -0.239 e. The topological polar surface area (TPSA) is 13.1 Å². The Morgan fingerprint density at radius 1 is 1.25 bits per heavy atom. The maximum absolute atomic E-state index is 5.20. The Bertz CT molecular complexity index is 282. The molecular weight excluding hydrogens is 150 g/mol. The summed E-state index contributed by atoms with van der Waals surface area (Å²) >= 11 is 0. The van der Waals surface area contributed by atoms with Gasteiger partial charge in [-0.3, -0.25) is 0 Å². The van der Waals surface area contributed by atoms with E-state index in [-0.39, 0.29) is 0 Å². The molecule has 0 aliphatic heterocycles. The molecule has 0 aromatic carbocycles. The Morgan fingerprint density at radius 2 is 1.75 bits per heavy atom. The highest BCUT2D eigenvalue weighted by Gasteiger charge is 2.11. The smallest absolute Gasteiger partial charge is 0.232 e. The number of rotatable bonds is 2. The molecule has 0 fully saturated rings. The average molecular weight is 164 g/mol. The van der Waals surface area contributed by atoms with Crippen molar-refractivity contribution in [2.45, 2.75) is 20.8 Å². The summed E-state index contributed by atoms with van der Waals surface area (Å²) in [5.74, 6) is 0. The molecule has 12 heavy (non-hydrogen) atoms. The first kappa shape index (κ1) is 8.78. The molecule has 0 aliphatic carbocycles. The van der Waals surface area contributed by atoms with Gasteiger partial charge in [0.15, 0.2) is 6.26 Å². The summed E-state index contributed by atoms with van der Waals surface area (Å²) in [6, 6.07) is 4.13. The molecule has 0 unspecified atom stereocenters. The summed E-state index contributed by atoms with van der Waals surface area (Å²) in [6.45, 7) is 9.59. The van der Waals surface area contributed by atoms with Gasteiger partial charge in [0.1, 0.15) is 0 Å². The van der Waals surface area contributed by atoms with Crippen molar-refractivity contribution in [3.63, 3.8) is 0 Å². The Labute approximate surface area is 73.1 Å². The van der Waals surface area contributed by atoms with E-state index in [1.165, 1.54) is 11.8 Å². The van der Waals surface area contributed by atoms with Crippen LogP contribution in [0.5, 0.6) is 0 Å². The molecule has 0 atom stereocenters. The Balaban J connectivity index is 3.18. The van der Waals surface area contributed by atoms with Gasteiger partial charge in [-0.1, -0.05) is 6.58 Å². The van der Waals surface area contributed by atoms with Crippen molar-refractivity contribution in [1.29, 1.82) is 0 Å². The van der Waals surface area contributed by atoms with Gasteiger partial charge in [0.2, 0.25) is 11.4 Å². The molecule has 1 heterocycles. The third-order valence-electron chi connectivity index (χ3n) is 1.69. The zero-order valence-corrected chi connectivity index (χ0v) is 7.79. The number of aromatic nitrogens is 1. The Morgan fingerprint density at radius 3 is 2.17 bits per heavy atom. The molecule has 2 nitrogen and oxygen atoms in total. The Kier molecular flexibility index (Phi) is 2.48. The zero-order chi connectivity index (χ0) is 9.14. The van der Waals surface area contributed by atoms with Crippen molar-refractivity contribution >= 4 is 0 Å². The van der Waals surface area contributed by atoms with Crippen LogP contribution in [0.15, 0.2) is 25.0 Å². The van der Waals surface area contributed by atoms with Crippen LogP contribution < -0.4 is 9.57 Å². The van der Waals surface area contributed by atoms with Crippen molar-refractivity contribution in [2.75, 3.05) is 0 Å². The minimum absolute atomic E-state index is 1.08. The van der Waals surface area contributed by atoms with E-state index in [1.807, 2.05) is 13.8 Å². The third-order valence-corrected chi connectivity index (χ3v) is 1.69. The van der Waals surface area contributed by atoms with Crippen molar-refractivity contribution < 1.29 is 9.57 Å². The molecule has 0 aliphatic rings. The van der Waals surface area contributed by atoms with E-state index in [4.69, 9.17) is 4.84 Å². The summed E-state index contributed by atoms with van der Waals surface area (Å²) < 4.78 is 1.75. The molecule has 0 radical (unpaired) electrons. The molecule has 1 aromatic heterocycles.